The van der Waals surface area contributed by atoms with E-state index >= 15 is 0 Å². The number of rotatable bonds is 2. The minimum atomic E-state index is 0.0344. The lowest BCUT2D eigenvalue weighted by Gasteiger charge is -2.26. The zero-order valence-corrected chi connectivity index (χ0v) is 18.0. The maximum absolute atomic E-state index is 12.8. The van der Waals surface area contributed by atoms with Gasteiger partial charge in [-0.2, -0.15) is 0 Å². The average Bonchev–Trinajstić information content (AvgIpc) is 2.76. The molecule has 0 unspecified atom stereocenters. The highest BCUT2D eigenvalue weighted by Gasteiger charge is 2.25. The highest BCUT2D eigenvalue weighted by molar-refractivity contribution is 8.02. The Morgan fingerprint density at radius 3 is 1.89 bits per heavy atom. The van der Waals surface area contributed by atoms with E-state index in [9.17, 15) is 4.79 Å². The van der Waals surface area contributed by atoms with Gasteiger partial charge in [-0.05, 0) is 60.4 Å². The summed E-state index contributed by atoms with van der Waals surface area (Å²) in [6, 6.07) is 21.2. The summed E-state index contributed by atoms with van der Waals surface area (Å²) in [6.07, 6.45) is 1.95. The fourth-order valence-electron chi connectivity index (χ4n) is 3.62. The lowest BCUT2D eigenvalue weighted by atomic mass is 10.0. The maximum atomic E-state index is 12.8. The van der Waals surface area contributed by atoms with Crippen LogP contribution in [-0.2, 0) is 17.6 Å². The van der Waals surface area contributed by atoms with Gasteiger partial charge in [-0.25, -0.2) is 0 Å². The molecule has 28 heavy (non-hydrogen) atoms. The van der Waals surface area contributed by atoms with Gasteiger partial charge in [0.2, 0.25) is 5.91 Å². The molecular weight excluding hydrogens is 382 g/mol. The zero-order chi connectivity index (χ0) is 19.7. The molecule has 142 valence electrons. The SMILES string of the molecule is CCc1cc2c(cc1CC)N(C(C)=O)c1ccccc1Sc1ccccc1S2. The average molecular weight is 406 g/mol. The number of fused-ring (bicyclic) bond motifs is 3. The number of nitrogens with zero attached hydrogens (tertiary/aromatic N) is 1. The Bertz CT molecular complexity index is 1040. The molecule has 0 aliphatic carbocycles. The second-order valence-corrected chi connectivity index (χ2v) is 8.94. The van der Waals surface area contributed by atoms with E-state index in [1.54, 1.807) is 30.4 Å². The third-order valence-electron chi connectivity index (χ3n) is 4.99. The van der Waals surface area contributed by atoms with Crippen LogP contribution < -0.4 is 4.90 Å². The second-order valence-electron chi connectivity index (χ2n) is 6.77. The van der Waals surface area contributed by atoms with Gasteiger partial charge in [-0.1, -0.05) is 61.6 Å². The van der Waals surface area contributed by atoms with Crippen molar-refractivity contribution >= 4 is 40.8 Å². The monoisotopic (exact) mass is 405 g/mol. The van der Waals surface area contributed by atoms with E-state index in [2.05, 4.69) is 56.3 Å². The van der Waals surface area contributed by atoms with Gasteiger partial charge in [0.1, 0.15) is 0 Å². The van der Waals surface area contributed by atoms with E-state index in [1.165, 1.54) is 20.9 Å². The van der Waals surface area contributed by atoms with Crippen molar-refractivity contribution in [3.8, 4) is 0 Å². The largest absolute Gasteiger partial charge is 0.279 e. The molecular formula is C24H23NOS2. The third kappa shape index (κ3) is 3.47. The predicted octanol–water partition coefficient (Wildman–Crippen LogP) is 7.11. The molecule has 1 aliphatic rings. The number of carbonyl (C=O) groups is 1. The van der Waals surface area contributed by atoms with Gasteiger partial charge in [-0.3, -0.25) is 9.69 Å². The quantitative estimate of drug-likeness (QED) is 0.453. The molecule has 0 saturated heterocycles. The first-order valence-electron chi connectivity index (χ1n) is 9.62. The van der Waals surface area contributed by atoms with E-state index in [-0.39, 0.29) is 5.91 Å². The summed E-state index contributed by atoms with van der Waals surface area (Å²) in [5.41, 5.74) is 4.60. The summed E-state index contributed by atoms with van der Waals surface area (Å²) in [5.74, 6) is 0.0344. The number of aryl methyl sites for hydroxylation is 2. The molecule has 0 fully saturated rings. The van der Waals surface area contributed by atoms with Crippen molar-refractivity contribution in [3.05, 3.63) is 71.8 Å². The Morgan fingerprint density at radius 2 is 1.29 bits per heavy atom. The van der Waals surface area contributed by atoms with Gasteiger partial charge in [0, 0.05) is 26.5 Å². The Morgan fingerprint density at radius 1 is 0.750 bits per heavy atom. The molecule has 0 radical (unpaired) electrons. The van der Waals surface area contributed by atoms with Gasteiger partial charge in [0.25, 0.3) is 0 Å². The number of carbonyl (C=O) groups excluding carboxylic acids is 1. The molecule has 1 heterocycles. The summed E-state index contributed by atoms with van der Waals surface area (Å²) in [5, 5.41) is 0. The van der Waals surface area contributed by atoms with Crippen LogP contribution in [0.3, 0.4) is 0 Å². The number of amides is 1. The van der Waals surface area contributed by atoms with E-state index < -0.39 is 0 Å². The van der Waals surface area contributed by atoms with Gasteiger partial charge in [0.15, 0.2) is 0 Å². The minimum Gasteiger partial charge on any atom is -0.279 e. The van der Waals surface area contributed by atoms with Gasteiger partial charge >= 0.3 is 0 Å². The number of anilines is 2. The van der Waals surface area contributed by atoms with Crippen LogP contribution in [0.1, 0.15) is 31.9 Å². The molecule has 1 aliphatic heterocycles. The molecule has 2 nitrogen and oxygen atoms in total. The Balaban J connectivity index is 2.05. The zero-order valence-electron chi connectivity index (χ0n) is 16.4. The first-order valence-corrected chi connectivity index (χ1v) is 11.3. The molecule has 4 heteroatoms. The molecule has 4 rings (SSSR count). The van der Waals surface area contributed by atoms with Crippen LogP contribution in [0.4, 0.5) is 11.4 Å². The van der Waals surface area contributed by atoms with Crippen molar-refractivity contribution in [3.63, 3.8) is 0 Å². The summed E-state index contributed by atoms with van der Waals surface area (Å²) in [6.45, 7) is 6.03. The molecule has 0 spiro atoms. The van der Waals surface area contributed by atoms with Gasteiger partial charge < -0.3 is 0 Å². The molecule has 0 aromatic heterocycles. The first kappa shape index (κ1) is 19.2. The number of benzene rings is 3. The van der Waals surface area contributed by atoms with Crippen LogP contribution in [-0.4, -0.2) is 5.91 Å². The fourth-order valence-corrected chi connectivity index (χ4v) is 5.84. The predicted molar refractivity (Wildman–Crippen MR) is 119 cm³/mol. The Kier molecular flexibility index (Phi) is 5.51. The first-order chi connectivity index (χ1) is 13.6. The number of para-hydroxylation sites is 1. The van der Waals surface area contributed by atoms with E-state index in [0.29, 0.717) is 0 Å². The van der Waals surface area contributed by atoms with Crippen LogP contribution in [0, 0.1) is 0 Å². The van der Waals surface area contributed by atoms with Crippen molar-refractivity contribution in [2.24, 2.45) is 0 Å². The van der Waals surface area contributed by atoms with Crippen LogP contribution in [0.25, 0.3) is 0 Å². The van der Waals surface area contributed by atoms with Crippen molar-refractivity contribution in [1.82, 2.24) is 0 Å². The second kappa shape index (κ2) is 8.06. The fraction of sp³-hybridized carbons (Fsp3) is 0.208. The number of hydrogen-bond acceptors (Lipinski definition) is 3. The smallest absolute Gasteiger partial charge is 0.228 e. The maximum Gasteiger partial charge on any atom is 0.228 e. The van der Waals surface area contributed by atoms with Crippen molar-refractivity contribution in [2.75, 3.05) is 4.90 Å². The number of hydrogen-bond donors (Lipinski definition) is 0. The molecule has 3 aromatic rings. The van der Waals surface area contributed by atoms with Gasteiger partial charge in [0.05, 0.1) is 11.4 Å². The highest BCUT2D eigenvalue weighted by atomic mass is 32.2. The summed E-state index contributed by atoms with van der Waals surface area (Å²) in [7, 11) is 0. The lowest BCUT2D eigenvalue weighted by molar-refractivity contribution is -0.115. The summed E-state index contributed by atoms with van der Waals surface area (Å²) < 4.78 is 0. The topological polar surface area (TPSA) is 20.3 Å². The van der Waals surface area contributed by atoms with Crippen molar-refractivity contribution in [1.29, 1.82) is 0 Å². The van der Waals surface area contributed by atoms with Gasteiger partial charge in [-0.15, -0.1) is 0 Å². The minimum absolute atomic E-state index is 0.0344. The van der Waals surface area contributed by atoms with Crippen LogP contribution in [0.5, 0.6) is 0 Å². The lowest BCUT2D eigenvalue weighted by Crippen LogP contribution is -2.24. The van der Waals surface area contributed by atoms with E-state index in [1.807, 2.05) is 23.1 Å². The molecule has 0 saturated carbocycles. The standard InChI is InChI=1S/C24H23NOS2/c1-4-17-14-20-24(15-18(17)5-2)28-23-13-9-8-12-22(23)27-21-11-7-6-10-19(21)25(20)16(3)26/h6-15H,4-5H2,1-3H3. The van der Waals surface area contributed by atoms with Crippen molar-refractivity contribution < 1.29 is 4.79 Å². The van der Waals surface area contributed by atoms with Crippen LogP contribution in [0.15, 0.2) is 80.2 Å². The molecule has 1 amide bonds. The highest BCUT2D eigenvalue weighted by Crippen LogP contribution is 2.49. The summed E-state index contributed by atoms with van der Waals surface area (Å²) >= 11 is 3.48. The summed E-state index contributed by atoms with van der Waals surface area (Å²) in [4.78, 5) is 19.4. The molecule has 3 aromatic carbocycles. The third-order valence-corrected chi connectivity index (χ3v) is 7.39. The van der Waals surface area contributed by atoms with E-state index in [4.69, 9.17) is 0 Å². The van der Waals surface area contributed by atoms with E-state index in [0.717, 1.165) is 34.0 Å². The molecule has 0 bridgehead atoms. The van der Waals surface area contributed by atoms with Crippen LogP contribution in [0.2, 0.25) is 0 Å². The van der Waals surface area contributed by atoms with Crippen molar-refractivity contribution in [2.45, 2.75) is 53.2 Å². The Labute approximate surface area is 175 Å². The molecule has 0 atom stereocenters. The Hall–Kier alpha value is -2.17. The molecule has 0 N–H and O–H groups in total. The normalized spacial score (nSPS) is 12.9. The van der Waals surface area contributed by atoms with Crippen LogP contribution >= 0.6 is 23.5 Å².